The Hall–Kier alpha value is -1.11. The third-order valence-corrected chi connectivity index (χ3v) is 4.23. The molecule has 0 aromatic heterocycles. The zero-order valence-electron chi connectivity index (χ0n) is 11.5. The van der Waals surface area contributed by atoms with Crippen LogP contribution in [0.15, 0.2) is 23.1 Å². The van der Waals surface area contributed by atoms with Crippen molar-refractivity contribution >= 4 is 10.0 Å². The number of sulfonamides is 1. The van der Waals surface area contributed by atoms with Crippen molar-refractivity contribution in [2.45, 2.75) is 37.7 Å². The van der Waals surface area contributed by atoms with Crippen LogP contribution in [-0.2, 0) is 10.0 Å². The van der Waals surface area contributed by atoms with Crippen LogP contribution < -0.4 is 9.46 Å². The summed E-state index contributed by atoms with van der Waals surface area (Å²) in [5.41, 5.74) is 0.750. The predicted molar refractivity (Wildman–Crippen MR) is 73.8 cm³/mol. The van der Waals surface area contributed by atoms with Gasteiger partial charge in [-0.3, -0.25) is 0 Å². The maximum atomic E-state index is 12.0. The molecule has 0 fully saturated rings. The SMILES string of the molecule is CCCC(O)CNS(=O)(=O)c1ccc(OC)c(C)c1. The molecule has 0 spiro atoms. The van der Waals surface area contributed by atoms with Gasteiger partial charge in [0.2, 0.25) is 10.0 Å². The molecule has 6 heteroatoms. The van der Waals surface area contributed by atoms with Gasteiger partial charge in [0.1, 0.15) is 5.75 Å². The fourth-order valence-electron chi connectivity index (χ4n) is 1.74. The van der Waals surface area contributed by atoms with Gasteiger partial charge in [0.15, 0.2) is 0 Å². The van der Waals surface area contributed by atoms with Crippen LogP contribution in [0.2, 0.25) is 0 Å². The molecule has 0 aliphatic rings. The lowest BCUT2D eigenvalue weighted by Gasteiger charge is -2.12. The first-order valence-corrected chi connectivity index (χ1v) is 7.71. The first-order chi connectivity index (χ1) is 8.90. The van der Waals surface area contributed by atoms with Crippen LogP contribution in [0.1, 0.15) is 25.3 Å². The third kappa shape index (κ3) is 4.49. The molecule has 0 aliphatic carbocycles. The van der Waals surface area contributed by atoms with Crippen molar-refractivity contribution in [3.05, 3.63) is 23.8 Å². The highest BCUT2D eigenvalue weighted by atomic mass is 32.2. The Morgan fingerprint density at radius 2 is 2.11 bits per heavy atom. The van der Waals surface area contributed by atoms with E-state index in [4.69, 9.17) is 4.74 Å². The number of benzene rings is 1. The van der Waals surface area contributed by atoms with Crippen LogP contribution in [0.3, 0.4) is 0 Å². The number of methoxy groups -OCH3 is 1. The number of ether oxygens (including phenoxy) is 1. The van der Waals surface area contributed by atoms with Crippen molar-refractivity contribution in [1.29, 1.82) is 0 Å². The first kappa shape index (κ1) is 15.9. The van der Waals surface area contributed by atoms with Crippen LogP contribution in [0, 0.1) is 6.92 Å². The molecular weight excluding hydrogens is 266 g/mol. The van der Waals surface area contributed by atoms with Crippen LogP contribution >= 0.6 is 0 Å². The summed E-state index contributed by atoms with van der Waals surface area (Å²) in [6, 6.07) is 4.65. The molecule has 5 nitrogen and oxygen atoms in total. The van der Waals surface area contributed by atoms with E-state index in [-0.39, 0.29) is 11.4 Å². The molecule has 1 aromatic carbocycles. The summed E-state index contributed by atoms with van der Waals surface area (Å²) < 4.78 is 31.6. The zero-order chi connectivity index (χ0) is 14.5. The molecular formula is C13H21NO4S. The van der Waals surface area contributed by atoms with E-state index in [1.807, 2.05) is 6.92 Å². The molecule has 19 heavy (non-hydrogen) atoms. The molecule has 0 aliphatic heterocycles. The van der Waals surface area contributed by atoms with Gasteiger partial charge in [-0.1, -0.05) is 13.3 Å². The average molecular weight is 287 g/mol. The largest absolute Gasteiger partial charge is 0.496 e. The Morgan fingerprint density at radius 1 is 1.42 bits per heavy atom. The standard InChI is InChI=1S/C13H21NO4S/c1-4-5-11(15)9-14-19(16,17)12-6-7-13(18-3)10(2)8-12/h6-8,11,14-15H,4-5,9H2,1-3H3. The van der Waals surface area contributed by atoms with Gasteiger partial charge in [-0.15, -0.1) is 0 Å². The normalized spacial score (nSPS) is 13.3. The molecule has 0 saturated heterocycles. The minimum absolute atomic E-state index is 0.0290. The quantitative estimate of drug-likeness (QED) is 0.795. The molecule has 0 heterocycles. The summed E-state index contributed by atoms with van der Waals surface area (Å²) >= 11 is 0. The lowest BCUT2D eigenvalue weighted by molar-refractivity contribution is 0.167. The Balaban J connectivity index is 2.80. The van der Waals surface area contributed by atoms with E-state index in [0.29, 0.717) is 12.2 Å². The molecule has 1 rings (SSSR count). The summed E-state index contributed by atoms with van der Waals surface area (Å²) in [7, 11) is -2.05. The van der Waals surface area contributed by atoms with Gasteiger partial charge in [0.05, 0.1) is 18.1 Å². The third-order valence-electron chi connectivity index (χ3n) is 2.81. The summed E-state index contributed by atoms with van der Waals surface area (Å²) in [6.45, 7) is 3.75. The fraction of sp³-hybridized carbons (Fsp3) is 0.538. The van der Waals surface area contributed by atoms with E-state index in [0.717, 1.165) is 12.0 Å². The number of hydrogen-bond donors (Lipinski definition) is 2. The second-order valence-electron chi connectivity index (χ2n) is 4.43. The van der Waals surface area contributed by atoms with Crippen molar-refractivity contribution in [1.82, 2.24) is 4.72 Å². The molecule has 0 saturated carbocycles. The molecule has 2 N–H and O–H groups in total. The minimum Gasteiger partial charge on any atom is -0.496 e. The number of aryl methyl sites for hydroxylation is 1. The smallest absolute Gasteiger partial charge is 0.240 e. The number of nitrogens with one attached hydrogen (secondary N) is 1. The summed E-state index contributed by atoms with van der Waals surface area (Å²) in [4.78, 5) is 0.175. The van der Waals surface area contributed by atoms with E-state index >= 15 is 0 Å². The van der Waals surface area contributed by atoms with Gasteiger partial charge < -0.3 is 9.84 Å². The van der Waals surface area contributed by atoms with Gasteiger partial charge in [-0.05, 0) is 37.1 Å². The second kappa shape index (κ2) is 6.88. The number of rotatable bonds is 7. The Kier molecular flexibility index (Phi) is 5.78. The van der Waals surface area contributed by atoms with Gasteiger partial charge in [0, 0.05) is 6.54 Å². The van der Waals surface area contributed by atoms with E-state index < -0.39 is 16.1 Å². The molecule has 1 unspecified atom stereocenters. The topological polar surface area (TPSA) is 75.6 Å². The molecule has 108 valence electrons. The number of aliphatic hydroxyl groups is 1. The lowest BCUT2D eigenvalue weighted by atomic mass is 10.2. The molecule has 0 amide bonds. The molecule has 1 aromatic rings. The average Bonchev–Trinajstić information content (AvgIpc) is 2.37. The van der Waals surface area contributed by atoms with E-state index in [1.165, 1.54) is 13.2 Å². The number of aliphatic hydroxyl groups excluding tert-OH is 1. The van der Waals surface area contributed by atoms with Crippen molar-refractivity contribution in [3.8, 4) is 5.75 Å². The molecule has 1 atom stereocenters. The van der Waals surface area contributed by atoms with Crippen LogP contribution in [-0.4, -0.2) is 33.3 Å². The fourth-order valence-corrected chi connectivity index (χ4v) is 2.90. The van der Waals surface area contributed by atoms with Crippen LogP contribution in [0.25, 0.3) is 0 Å². The van der Waals surface area contributed by atoms with Crippen LogP contribution in [0.4, 0.5) is 0 Å². The summed E-state index contributed by atoms with van der Waals surface area (Å²) in [6.07, 6.45) is 0.730. The highest BCUT2D eigenvalue weighted by Gasteiger charge is 2.16. The zero-order valence-corrected chi connectivity index (χ0v) is 12.3. The maximum absolute atomic E-state index is 12.0. The van der Waals surface area contributed by atoms with E-state index in [1.54, 1.807) is 19.1 Å². The lowest BCUT2D eigenvalue weighted by Crippen LogP contribution is -2.32. The van der Waals surface area contributed by atoms with Crippen LogP contribution in [0.5, 0.6) is 5.75 Å². The maximum Gasteiger partial charge on any atom is 0.240 e. The minimum atomic E-state index is -3.59. The Labute approximate surface area is 114 Å². The van der Waals surface area contributed by atoms with Gasteiger partial charge >= 0.3 is 0 Å². The van der Waals surface area contributed by atoms with Gasteiger partial charge in [-0.2, -0.15) is 0 Å². The summed E-state index contributed by atoms with van der Waals surface area (Å²) in [5.74, 6) is 0.643. The highest BCUT2D eigenvalue weighted by molar-refractivity contribution is 7.89. The van der Waals surface area contributed by atoms with E-state index in [9.17, 15) is 13.5 Å². The Morgan fingerprint density at radius 3 is 2.63 bits per heavy atom. The predicted octanol–water partition coefficient (Wildman–Crippen LogP) is 1.44. The van der Waals surface area contributed by atoms with Crippen molar-refractivity contribution < 1.29 is 18.3 Å². The first-order valence-electron chi connectivity index (χ1n) is 6.23. The highest BCUT2D eigenvalue weighted by Crippen LogP contribution is 2.21. The summed E-state index contributed by atoms with van der Waals surface area (Å²) in [5, 5.41) is 9.55. The van der Waals surface area contributed by atoms with E-state index in [2.05, 4.69) is 4.72 Å². The van der Waals surface area contributed by atoms with Gasteiger partial charge in [-0.25, -0.2) is 13.1 Å². The van der Waals surface area contributed by atoms with Crippen molar-refractivity contribution in [2.24, 2.45) is 0 Å². The monoisotopic (exact) mass is 287 g/mol. The van der Waals surface area contributed by atoms with Crippen molar-refractivity contribution in [3.63, 3.8) is 0 Å². The van der Waals surface area contributed by atoms with Gasteiger partial charge in [0.25, 0.3) is 0 Å². The Bertz CT molecular complexity index is 513. The molecule has 0 radical (unpaired) electrons. The second-order valence-corrected chi connectivity index (χ2v) is 6.19. The molecule has 0 bridgehead atoms. The van der Waals surface area contributed by atoms with Crippen molar-refractivity contribution in [2.75, 3.05) is 13.7 Å². The number of hydrogen-bond acceptors (Lipinski definition) is 4.